The number of halogens is 3. The molecule has 0 amide bonds. The Morgan fingerprint density at radius 3 is 2.06 bits per heavy atom. The van der Waals surface area contributed by atoms with E-state index in [1.165, 1.54) is 12.1 Å². The van der Waals surface area contributed by atoms with Crippen molar-refractivity contribution < 1.29 is 13.2 Å². The second-order valence-corrected chi connectivity index (χ2v) is 2.50. The van der Waals surface area contributed by atoms with E-state index in [1.807, 2.05) is 13.8 Å². The van der Waals surface area contributed by atoms with E-state index in [4.69, 9.17) is 5.26 Å². The van der Waals surface area contributed by atoms with Crippen molar-refractivity contribution in [3.63, 3.8) is 0 Å². The first-order valence-electron chi connectivity index (χ1n) is 4.81. The molecule has 0 unspecified atom stereocenters. The zero-order chi connectivity index (χ0) is 13.1. The second-order valence-electron chi connectivity index (χ2n) is 2.50. The largest absolute Gasteiger partial charge is 0.265 e. The van der Waals surface area contributed by atoms with Crippen LogP contribution in [0.3, 0.4) is 0 Å². The lowest BCUT2D eigenvalue weighted by molar-refractivity contribution is 0.151. The molecule has 0 saturated carbocycles. The molecule has 0 saturated heterocycles. The Morgan fingerprint density at radius 2 is 1.69 bits per heavy atom. The van der Waals surface area contributed by atoms with Crippen LogP contribution in [0.2, 0.25) is 0 Å². The summed E-state index contributed by atoms with van der Waals surface area (Å²) in [7, 11) is 0.500. The van der Waals surface area contributed by atoms with Crippen molar-refractivity contribution >= 4 is 0 Å². The van der Waals surface area contributed by atoms with Crippen LogP contribution in [-0.4, -0.2) is 7.18 Å². The van der Waals surface area contributed by atoms with Crippen molar-refractivity contribution in [2.24, 2.45) is 0 Å². The predicted molar refractivity (Wildman–Crippen MR) is 59.2 cm³/mol. The molecule has 0 aliphatic carbocycles. The minimum absolute atomic E-state index is 0.0515. The van der Waals surface area contributed by atoms with Gasteiger partial charge in [-0.05, 0) is 19.1 Å². The van der Waals surface area contributed by atoms with E-state index in [2.05, 4.69) is 0 Å². The summed E-state index contributed by atoms with van der Waals surface area (Å²) in [5.41, 5.74) is 0.609. The number of aryl methyl sites for hydroxylation is 1. The van der Waals surface area contributed by atoms with Crippen LogP contribution in [0.15, 0.2) is 18.2 Å². The fourth-order valence-corrected chi connectivity index (χ4v) is 0.965. The molecule has 0 heterocycles. The Bertz CT molecular complexity index is 330. The summed E-state index contributed by atoms with van der Waals surface area (Å²) in [6.07, 6.45) is -2.57. The molecule has 0 atom stereocenters. The molecular weight excluding hydrogens is 215 g/mol. The van der Waals surface area contributed by atoms with Gasteiger partial charge < -0.3 is 0 Å². The fourth-order valence-electron chi connectivity index (χ4n) is 0.965. The van der Waals surface area contributed by atoms with E-state index in [9.17, 15) is 13.2 Å². The van der Waals surface area contributed by atoms with E-state index < -0.39 is 6.43 Å². The lowest BCUT2D eigenvalue weighted by atomic mass is 10.1. The smallest absolute Gasteiger partial charge is 0.255 e. The minimum Gasteiger partial charge on any atom is -0.255 e. The molecule has 1 rings (SSSR count). The molecule has 1 aromatic rings. The first kappa shape index (κ1) is 16.9. The van der Waals surface area contributed by atoms with Crippen molar-refractivity contribution in [1.29, 1.82) is 5.26 Å². The Labute approximate surface area is 94.5 Å². The molecule has 1 nitrogen and oxygen atoms in total. The van der Waals surface area contributed by atoms with Gasteiger partial charge in [-0.25, -0.2) is 8.78 Å². The molecular formula is C12H16F3N. The predicted octanol–water partition coefficient (Wildman–Crippen LogP) is 4.42. The summed E-state index contributed by atoms with van der Waals surface area (Å²) >= 11 is 0. The first-order chi connectivity index (χ1) is 7.65. The summed E-state index contributed by atoms with van der Waals surface area (Å²) in [5.74, 6) is 0. The lowest BCUT2D eigenvalue weighted by Gasteiger charge is -2.02. The maximum atomic E-state index is 12.2. The van der Waals surface area contributed by atoms with Crippen LogP contribution in [-0.2, 0) is 0 Å². The molecule has 1 aromatic carbocycles. The lowest BCUT2D eigenvalue weighted by Crippen LogP contribution is -1.90. The van der Waals surface area contributed by atoms with Crippen LogP contribution < -0.4 is 0 Å². The molecule has 16 heavy (non-hydrogen) atoms. The standard InChI is InChI=1S/C9H7F2N.C2H6.CH3F/c1-6-2-3-7(5-12)8(4-6)9(10)11;2*1-2/h2-4,9H,1H3;1-2H3;1H3. The third-order valence-electron chi connectivity index (χ3n) is 1.56. The fraction of sp³-hybridized carbons (Fsp3) is 0.417. The molecule has 0 spiro atoms. The second kappa shape index (κ2) is 10.0. The maximum absolute atomic E-state index is 12.2. The van der Waals surface area contributed by atoms with Crippen LogP contribution >= 0.6 is 0 Å². The van der Waals surface area contributed by atoms with Crippen molar-refractivity contribution in [2.45, 2.75) is 27.2 Å². The van der Waals surface area contributed by atoms with Gasteiger partial charge in [-0.15, -0.1) is 0 Å². The number of hydrogen-bond donors (Lipinski definition) is 0. The molecule has 0 aliphatic rings. The molecule has 0 aromatic heterocycles. The summed E-state index contributed by atoms with van der Waals surface area (Å²) in [6.45, 7) is 5.72. The van der Waals surface area contributed by atoms with Gasteiger partial charge in [0.05, 0.1) is 18.8 Å². The number of hydrogen-bond acceptors (Lipinski definition) is 1. The van der Waals surface area contributed by atoms with Crippen LogP contribution in [0.25, 0.3) is 0 Å². The van der Waals surface area contributed by atoms with Gasteiger partial charge in [0, 0.05) is 5.56 Å². The Balaban J connectivity index is 0. The Kier molecular flexibility index (Phi) is 10.6. The Hall–Kier alpha value is -1.50. The highest BCUT2D eigenvalue weighted by atomic mass is 19.3. The van der Waals surface area contributed by atoms with Crippen molar-refractivity contribution in [3.05, 3.63) is 34.9 Å². The number of alkyl halides is 3. The van der Waals surface area contributed by atoms with Crippen LogP contribution in [0.5, 0.6) is 0 Å². The monoisotopic (exact) mass is 231 g/mol. The van der Waals surface area contributed by atoms with Gasteiger partial charge in [0.2, 0.25) is 0 Å². The van der Waals surface area contributed by atoms with Gasteiger partial charge in [-0.2, -0.15) is 5.26 Å². The highest BCUT2D eigenvalue weighted by molar-refractivity contribution is 5.40. The van der Waals surface area contributed by atoms with Gasteiger partial charge in [-0.3, -0.25) is 4.39 Å². The normalized spacial score (nSPS) is 8.19. The molecule has 0 radical (unpaired) electrons. The Morgan fingerprint density at radius 1 is 1.19 bits per heavy atom. The third-order valence-corrected chi connectivity index (χ3v) is 1.56. The number of benzene rings is 1. The zero-order valence-corrected chi connectivity index (χ0v) is 9.89. The van der Waals surface area contributed by atoms with Crippen LogP contribution in [0, 0.1) is 18.3 Å². The highest BCUT2D eigenvalue weighted by Gasteiger charge is 2.11. The number of nitriles is 1. The molecule has 0 N–H and O–H groups in total. The number of rotatable bonds is 1. The van der Waals surface area contributed by atoms with Gasteiger partial charge >= 0.3 is 0 Å². The van der Waals surface area contributed by atoms with Crippen molar-refractivity contribution in [2.75, 3.05) is 7.18 Å². The molecule has 0 fully saturated rings. The highest BCUT2D eigenvalue weighted by Crippen LogP contribution is 2.23. The third kappa shape index (κ3) is 5.40. The van der Waals surface area contributed by atoms with Crippen molar-refractivity contribution in [1.82, 2.24) is 0 Å². The van der Waals surface area contributed by atoms with E-state index >= 15 is 0 Å². The molecule has 90 valence electrons. The van der Waals surface area contributed by atoms with E-state index in [0.717, 1.165) is 5.56 Å². The quantitative estimate of drug-likeness (QED) is 0.702. The van der Waals surface area contributed by atoms with E-state index in [1.54, 1.807) is 19.1 Å². The van der Waals surface area contributed by atoms with Gasteiger partial charge in [0.1, 0.15) is 0 Å². The SMILES string of the molecule is CC.CF.Cc1ccc(C#N)c(C(F)F)c1. The summed E-state index contributed by atoms with van der Waals surface area (Å²) < 4.78 is 34.0. The summed E-state index contributed by atoms with van der Waals surface area (Å²) in [6, 6.07) is 6.12. The molecule has 4 heteroatoms. The zero-order valence-electron chi connectivity index (χ0n) is 9.89. The van der Waals surface area contributed by atoms with Crippen LogP contribution in [0.4, 0.5) is 13.2 Å². The van der Waals surface area contributed by atoms with E-state index in [0.29, 0.717) is 7.18 Å². The summed E-state index contributed by atoms with van der Waals surface area (Å²) in [5, 5.41) is 8.47. The number of nitrogens with zero attached hydrogens (tertiary/aromatic N) is 1. The van der Waals surface area contributed by atoms with Gasteiger partial charge in [0.25, 0.3) is 6.43 Å². The minimum atomic E-state index is -2.57. The average Bonchev–Trinajstić information content (AvgIpc) is 2.34. The van der Waals surface area contributed by atoms with Gasteiger partial charge in [0.15, 0.2) is 0 Å². The van der Waals surface area contributed by atoms with Gasteiger partial charge in [-0.1, -0.05) is 25.5 Å². The average molecular weight is 231 g/mol. The first-order valence-corrected chi connectivity index (χ1v) is 4.81. The topological polar surface area (TPSA) is 23.8 Å². The van der Waals surface area contributed by atoms with E-state index in [-0.39, 0.29) is 11.1 Å². The van der Waals surface area contributed by atoms with Crippen molar-refractivity contribution in [3.8, 4) is 6.07 Å². The molecule has 0 bridgehead atoms. The maximum Gasteiger partial charge on any atom is 0.265 e. The summed E-state index contributed by atoms with van der Waals surface area (Å²) in [4.78, 5) is 0. The van der Waals surface area contributed by atoms with Crippen LogP contribution in [0.1, 0.15) is 37.0 Å². The molecule has 0 aliphatic heterocycles.